The van der Waals surface area contributed by atoms with Crippen molar-refractivity contribution < 1.29 is 0 Å². The molecule has 0 bridgehead atoms. The summed E-state index contributed by atoms with van der Waals surface area (Å²) in [5.41, 5.74) is 2.50. The molecule has 5 heteroatoms. The standard InChI is InChI=1S/C16H27N3OS/c1-5-18(6-2)10-11-19-14-9-7-8-13(14)15(17-16(19)20)21-12(3)4/h12H,5-11H2,1-4H3. The lowest BCUT2D eigenvalue weighted by molar-refractivity contribution is 0.286. The van der Waals surface area contributed by atoms with Gasteiger partial charge in [0.25, 0.3) is 0 Å². The monoisotopic (exact) mass is 309 g/mol. The molecule has 0 amide bonds. The number of rotatable bonds is 7. The summed E-state index contributed by atoms with van der Waals surface area (Å²) in [6, 6.07) is 0. The fourth-order valence-electron chi connectivity index (χ4n) is 2.92. The van der Waals surface area contributed by atoms with Crippen LogP contribution in [0.15, 0.2) is 9.82 Å². The first-order valence-corrected chi connectivity index (χ1v) is 8.96. The first kappa shape index (κ1) is 16.6. The van der Waals surface area contributed by atoms with Gasteiger partial charge in [-0.3, -0.25) is 4.57 Å². The van der Waals surface area contributed by atoms with Crippen LogP contribution in [-0.4, -0.2) is 39.3 Å². The first-order chi connectivity index (χ1) is 10.1. The third-order valence-corrected chi connectivity index (χ3v) is 5.11. The van der Waals surface area contributed by atoms with Crippen molar-refractivity contribution in [2.24, 2.45) is 0 Å². The van der Waals surface area contributed by atoms with Crippen LogP contribution in [0, 0.1) is 0 Å². The quantitative estimate of drug-likeness (QED) is 0.573. The molecule has 118 valence electrons. The zero-order valence-electron chi connectivity index (χ0n) is 13.7. The van der Waals surface area contributed by atoms with Gasteiger partial charge in [-0.25, -0.2) is 4.79 Å². The number of nitrogens with zero attached hydrogens (tertiary/aromatic N) is 3. The molecule has 0 radical (unpaired) electrons. The maximum Gasteiger partial charge on any atom is 0.348 e. The van der Waals surface area contributed by atoms with Crippen molar-refractivity contribution in [2.75, 3.05) is 19.6 Å². The van der Waals surface area contributed by atoms with E-state index in [9.17, 15) is 4.79 Å². The van der Waals surface area contributed by atoms with Gasteiger partial charge in [0.1, 0.15) is 5.03 Å². The zero-order valence-corrected chi connectivity index (χ0v) is 14.5. The van der Waals surface area contributed by atoms with Gasteiger partial charge in [0, 0.05) is 29.6 Å². The van der Waals surface area contributed by atoms with Crippen LogP contribution in [0.2, 0.25) is 0 Å². The molecule has 1 aliphatic rings. The molecule has 4 nitrogen and oxygen atoms in total. The molecule has 0 aliphatic heterocycles. The summed E-state index contributed by atoms with van der Waals surface area (Å²) in [6.07, 6.45) is 3.25. The minimum Gasteiger partial charge on any atom is -0.302 e. The van der Waals surface area contributed by atoms with Crippen LogP contribution >= 0.6 is 11.8 Å². The van der Waals surface area contributed by atoms with Crippen molar-refractivity contribution in [3.63, 3.8) is 0 Å². The maximum atomic E-state index is 12.4. The average molecular weight is 309 g/mol. The minimum absolute atomic E-state index is 0.0639. The predicted octanol–water partition coefficient (Wildman–Crippen LogP) is 2.57. The molecule has 0 saturated heterocycles. The molecular formula is C16H27N3OS. The van der Waals surface area contributed by atoms with Gasteiger partial charge in [-0.05, 0) is 32.4 Å². The van der Waals surface area contributed by atoms with E-state index in [4.69, 9.17) is 0 Å². The lowest BCUT2D eigenvalue weighted by Gasteiger charge is -2.20. The number of aromatic nitrogens is 2. The Kier molecular flexibility index (Phi) is 5.88. The van der Waals surface area contributed by atoms with E-state index in [-0.39, 0.29) is 5.69 Å². The Bertz CT molecular complexity index is 535. The Balaban J connectivity index is 2.27. The van der Waals surface area contributed by atoms with E-state index in [1.54, 1.807) is 11.8 Å². The van der Waals surface area contributed by atoms with E-state index < -0.39 is 0 Å². The highest BCUT2D eigenvalue weighted by atomic mass is 32.2. The summed E-state index contributed by atoms with van der Waals surface area (Å²) in [4.78, 5) is 19.1. The number of hydrogen-bond donors (Lipinski definition) is 0. The Labute approximate surface area is 131 Å². The van der Waals surface area contributed by atoms with Crippen LogP contribution in [0.3, 0.4) is 0 Å². The molecule has 1 heterocycles. The number of likely N-dealkylation sites (N-methyl/N-ethyl adjacent to an activating group) is 1. The fourth-order valence-corrected chi connectivity index (χ4v) is 3.86. The van der Waals surface area contributed by atoms with Crippen LogP contribution in [-0.2, 0) is 19.4 Å². The number of fused-ring (bicyclic) bond motifs is 1. The molecule has 0 saturated carbocycles. The van der Waals surface area contributed by atoms with Gasteiger partial charge in [0.15, 0.2) is 0 Å². The third-order valence-electron chi connectivity index (χ3n) is 4.08. The highest BCUT2D eigenvalue weighted by Gasteiger charge is 2.22. The summed E-state index contributed by atoms with van der Waals surface area (Å²) < 4.78 is 1.92. The lowest BCUT2D eigenvalue weighted by atomic mass is 10.2. The molecule has 0 aromatic carbocycles. The van der Waals surface area contributed by atoms with E-state index in [0.717, 1.165) is 50.5 Å². The number of thioether (sulfide) groups is 1. The molecular weight excluding hydrogens is 282 g/mol. The Morgan fingerprint density at radius 1 is 1.29 bits per heavy atom. The van der Waals surface area contributed by atoms with E-state index in [0.29, 0.717) is 5.25 Å². The van der Waals surface area contributed by atoms with Crippen LogP contribution in [0.1, 0.15) is 45.4 Å². The smallest absolute Gasteiger partial charge is 0.302 e. The Morgan fingerprint density at radius 2 is 2.00 bits per heavy atom. The van der Waals surface area contributed by atoms with E-state index in [2.05, 4.69) is 37.6 Å². The summed E-state index contributed by atoms with van der Waals surface area (Å²) in [5.74, 6) is 0. The predicted molar refractivity (Wildman–Crippen MR) is 89.3 cm³/mol. The average Bonchev–Trinajstić information content (AvgIpc) is 2.91. The van der Waals surface area contributed by atoms with Crippen molar-refractivity contribution in [2.45, 2.75) is 63.8 Å². The third kappa shape index (κ3) is 3.89. The SMILES string of the molecule is CCN(CC)CCn1c2c(c(SC(C)C)nc1=O)CCC2. The number of hydrogen-bond acceptors (Lipinski definition) is 4. The summed E-state index contributed by atoms with van der Waals surface area (Å²) in [6.45, 7) is 12.4. The van der Waals surface area contributed by atoms with Gasteiger partial charge in [-0.2, -0.15) is 4.98 Å². The van der Waals surface area contributed by atoms with Gasteiger partial charge in [-0.1, -0.05) is 27.7 Å². The van der Waals surface area contributed by atoms with E-state index in [1.807, 2.05) is 4.57 Å². The molecule has 1 aromatic rings. The van der Waals surface area contributed by atoms with Gasteiger partial charge < -0.3 is 4.90 Å². The molecule has 0 atom stereocenters. The van der Waals surface area contributed by atoms with E-state index >= 15 is 0 Å². The fraction of sp³-hybridized carbons (Fsp3) is 0.750. The first-order valence-electron chi connectivity index (χ1n) is 8.08. The van der Waals surface area contributed by atoms with Gasteiger partial charge in [0.2, 0.25) is 0 Å². The molecule has 0 N–H and O–H groups in total. The lowest BCUT2D eigenvalue weighted by Crippen LogP contribution is -2.34. The molecule has 0 unspecified atom stereocenters. The van der Waals surface area contributed by atoms with Crippen molar-refractivity contribution in [1.29, 1.82) is 0 Å². The highest BCUT2D eigenvalue weighted by Crippen LogP contribution is 2.31. The molecule has 1 aliphatic carbocycles. The second kappa shape index (κ2) is 7.45. The highest BCUT2D eigenvalue weighted by molar-refractivity contribution is 7.99. The van der Waals surface area contributed by atoms with Crippen LogP contribution in [0.5, 0.6) is 0 Å². The van der Waals surface area contributed by atoms with Crippen molar-refractivity contribution in [1.82, 2.24) is 14.5 Å². The molecule has 21 heavy (non-hydrogen) atoms. The minimum atomic E-state index is -0.0639. The van der Waals surface area contributed by atoms with Crippen LogP contribution in [0.25, 0.3) is 0 Å². The normalized spacial score (nSPS) is 14.2. The molecule has 0 fully saturated rings. The van der Waals surface area contributed by atoms with Gasteiger partial charge >= 0.3 is 5.69 Å². The van der Waals surface area contributed by atoms with Crippen molar-refractivity contribution >= 4 is 11.8 Å². The largest absolute Gasteiger partial charge is 0.348 e. The summed E-state index contributed by atoms with van der Waals surface area (Å²) >= 11 is 1.73. The van der Waals surface area contributed by atoms with Crippen LogP contribution < -0.4 is 5.69 Å². The van der Waals surface area contributed by atoms with Crippen LogP contribution in [0.4, 0.5) is 0 Å². The second-order valence-corrected chi connectivity index (χ2v) is 7.39. The Hall–Kier alpha value is -0.810. The van der Waals surface area contributed by atoms with Crippen molar-refractivity contribution in [3.05, 3.63) is 21.7 Å². The van der Waals surface area contributed by atoms with Gasteiger partial charge in [-0.15, -0.1) is 11.8 Å². The summed E-state index contributed by atoms with van der Waals surface area (Å²) in [5, 5.41) is 1.44. The van der Waals surface area contributed by atoms with Crippen molar-refractivity contribution in [3.8, 4) is 0 Å². The molecule has 2 rings (SSSR count). The Morgan fingerprint density at radius 3 is 2.62 bits per heavy atom. The maximum absolute atomic E-state index is 12.4. The second-order valence-electron chi connectivity index (χ2n) is 5.82. The summed E-state index contributed by atoms with van der Waals surface area (Å²) in [7, 11) is 0. The van der Waals surface area contributed by atoms with E-state index in [1.165, 1.54) is 11.3 Å². The zero-order chi connectivity index (χ0) is 15.4. The molecule has 1 aromatic heterocycles. The topological polar surface area (TPSA) is 38.1 Å². The molecule has 0 spiro atoms. The van der Waals surface area contributed by atoms with Gasteiger partial charge in [0.05, 0.1) is 0 Å².